The quantitative estimate of drug-likeness (QED) is 0.304. The summed E-state index contributed by atoms with van der Waals surface area (Å²) in [5.41, 5.74) is 1.57. The summed E-state index contributed by atoms with van der Waals surface area (Å²) >= 11 is 0. The SMILES string of the molecule is CN=C(NCCc1coc(-c2ccc(F)cc2)n1)NCCc1ccco1.I. The molecule has 0 aliphatic carbocycles. The highest BCUT2D eigenvalue weighted by molar-refractivity contribution is 14.0. The molecule has 1 aromatic carbocycles. The van der Waals surface area contributed by atoms with Gasteiger partial charge in [0.1, 0.15) is 17.8 Å². The molecular formula is C19H22FIN4O2. The number of oxazole rings is 1. The Hall–Kier alpha value is -2.36. The molecule has 0 atom stereocenters. The van der Waals surface area contributed by atoms with Crippen molar-refractivity contribution >= 4 is 29.9 Å². The third kappa shape index (κ3) is 6.38. The van der Waals surface area contributed by atoms with E-state index in [0.29, 0.717) is 18.9 Å². The van der Waals surface area contributed by atoms with Crippen LogP contribution < -0.4 is 10.6 Å². The number of aliphatic imine (C=N–C) groups is 1. The van der Waals surface area contributed by atoms with Crippen LogP contribution in [-0.2, 0) is 12.8 Å². The molecule has 3 rings (SSSR count). The van der Waals surface area contributed by atoms with Crippen LogP contribution in [0.4, 0.5) is 4.39 Å². The molecule has 0 saturated heterocycles. The van der Waals surface area contributed by atoms with Gasteiger partial charge in [0.05, 0.1) is 12.0 Å². The molecular weight excluding hydrogens is 462 g/mol. The van der Waals surface area contributed by atoms with Crippen LogP contribution in [0, 0.1) is 5.82 Å². The van der Waals surface area contributed by atoms with Gasteiger partial charge >= 0.3 is 0 Å². The van der Waals surface area contributed by atoms with Crippen molar-refractivity contribution < 1.29 is 13.2 Å². The average Bonchev–Trinajstić information content (AvgIpc) is 3.33. The molecule has 3 aromatic rings. The molecule has 0 saturated carbocycles. The number of furan rings is 1. The summed E-state index contributed by atoms with van der Waals surface area (Å²) in [6, 6.07) is 9.89. The second kappa shape index (κ2) is 10.7. The van der Waals surface area contributed by atoms with E-state index >= 15 is 0 Å². The maximum Gasteiger partial charge on any atom is 0.226 e. The number of benzene rings is 1. The van der Waals surface area contributed by atoms with E-state index in [-0.39, 0.29) is 29.8 Å². The Bertz CT molecular complexity index is 832. The lowest BCUT2D eigenvalue weighted by Gasteiger charge is -2.10. The van der Waals surface area contributed by atoms with Gasteiger partial charge < -0.3 is 19.5 Å². The molecule has 0 unspecified atom stereocenters. The van der Waals surface area contributed by atoms with Crippen molar-refractivity contribution in [3.8, 4) is 11.5 Å². The topological polar surface area (TPSA) is 75.6 Å². The first-order chi connectivity index (χ1) is 12.7. The van der Waals surface area contributed by atoms with Gasteiger partial charge in [0.25, 0.3) is 0 Å². The first-order valence-electron chi connectivity index (χ1n) is 8.42. The van der Waals surface area contributed by atoms with Crippen LogP contribution in [0.5, 0.6) is 0 Å². The van der Waals surface area contributed by atoms with E-state index in [9.17, 15) is 4.39 Å². The van der Waals surface area contributed by atoms with Crippen molar-refractivity contribution in [2.24, 2.45) is 4.99 Å². The van der Waals surface area contributed by atoms with Gasteiger partial charge in [-0.05, 0) is 36.4 Å². The lowest BCUT2D eigenvalue weighted by atomic mass is 10.2. The Kier molecular flexibility index (Phi) is 8.31. The minimum Gasteiger partial charge on any atom is -0.469 e. The molecule has 0 radical (unpaired) electrons. The predicted octanol–water partition coefficient (Wildman–Crippen LogP) is 3.64. The van der Waals surface area contributed by atoms with Crippen LogP contribution >= 0.6 is 24.0 Å². The Balaban J connectivity index is 0.00000261. The van der Waals surface area contributed by atoms with Gasteiger partial charge in [0.2, 0.25) is 5.89 Å². The minimum absolute atomic E-state index is 0. The summed E-state index contributed by atoms with van der Waals surface area (Å²) in [5, 5.41) is 6.46. The minimum atomic E-state index is -0.282. The van der Waals surface area contributed by atoms with E-state index in [1.165, 1.54) is 12.1 Å². The van der Waals surface area contributed by atoms with E-state index in [0.717, 1.165) is 35.9 Å². The molecule has 0 spiro atoms. The fourth-order valence-electron chi connectivity index (χ4n) is 2.44. The van der Waals surface area contributed by atoms with Gasteiger partial charge in [-0.2, -0.15) is 0 Å². The first kappa shape index (κ1) is 20.9. The fourth-order valence-corrected chi connectivity index (χ4v) is 2.44. The monoisotopic (exact) mass is 484 g/mol. The second-order valence-corrected chi connectivity index (χ2v) is 5.66. The van der Waals surface area contributed by atoms with Crippen molar-refractivity contribution in [2.75, 3.05) is 20.1 Å². The van der Waals surface area contributed by atoms with Gasteiger partial charge in [-0.15, -0.1) is 24.0 Å². The van der Waals surface area contributed by atoms with Crippen molar-refractivity contribution in [3.63, 3.8) is 0 Å². The van der Waals surface area contributed by atoms with Crippen molar-refractivity contribution in [2.45, 2.75) is 12.8 Å². The van der Waals surface area contributed by atoms with Gasteiger partial charge in [-0.25, -0.2) is 9.37 Å². The highest BCUT2D eigenvalue weighted by atomic mass is 127. The van der Waals surface area contributed by atoms with E-state index in [2.05, 4.69) is 20.6 Å². The third-order valence-corrected chi connectivity index (χ3v) is 3.78. The Morgan fingerprint density at radius 1 is 1.07 bits per heavy atom. The largest absolute Gasteiger partial charge is 0.469 e. The van der Waals surface area contributed by atoms with Crippen LogP contribution in [0.3, 0.4) is 0 Å². The molecule has 6 nitrogen and oxygen atoms in total. The maximum absolute atomic E-state index is 13.0. The van der Waals surface area contributed by atoms with Gasteiger partial charge in [0, 0.05) is 38.5 Å². The number of nitrogens with zero attached hydrogens (tertiary/aromatic N) is 2. The number of nitrogens with one attached hydrogen (secondary N) is 2. The van der Waals surface area contributed by atoms with Crippen LogP contribution in [0.2, 0.25) is 0 Å². The van der Waals surface area contributed by atoms with Crippen molar-refractivity contribution in [3.05, 3.63) is 66.2 Å². The molecule has 144 valence electrons. The summed E-state index contributed by atoms with van der Waals surface area (Å²) in [4.78, 5) is 8.61. The van der Waals surface area contributed by atoms with E-state index in [1.54, 1.807) is 31.7 Å². The number of guanidine groups is 1. The zero-order chi connectivity index (χ0) is 18.2. The normalized spacial score (nSPS) is 11.1. The molecule has 27 heavy (non-hydrogen) atoms. The van der Waals surface area contributed by atoms with Crippen LogP contribution in [0.15, 0.2) is 62.8 Å². The molecule has 0 aliphatic rings. The summed E-state index contributed by atoms with van der Waals surface area (Å²) in [7, 11) is 1.73. The number of aromatic nitrogens is 1. The maximum atomic E-state index is 13.0. The van der Waals surface area contributed by atoms with Crippen molar-refractivity contribution in [1.82, 2.24) is 15.6 Å². The Morgan fingerprint density at radius 2 is 1.81 bits per heavy atom. The van der Waals surface area contributed by atoms with Crippen LogP contribution in [0.1, 0.15) is 11.5 Å². The molecule has 0 aliphatic heterocycles. The molecule has 8 heteroatoms. The number of rotatable bonds is 7. The summed E-state index contributed by atoms with van der Waals surface area (Å²) in [5.74, 6) is 1.86. The Labute approximate surface area is 174 Å². The molecule has 2 heterocycles. The lowest BCUT2D eigenvalue weighted by molar-refractivity contribution is 0.507. The Morgan fingerprint density at radius 3 is 2.48 bits per heavy atom. The van der Waals surface area contributed by atoms with E-state index in [4.69, 9.17) is 8.83 Å². The van der Waals surface area contributed by atoms with Gasteiger partial charge in [-0.3, -0.25) is 4.99 Å². The molecule has 0 amide bonds. The smallest absolute Gasteiger partial charge is 0.226 e. The second-order valence-electron chi connectivity index (χ2n) is 5.66. The summed E-state index contributed by atoms with van der Waals surface area (Å²) < 4.78 is 23.7. The highest BCUT2D eigenvalue weighted by Crippen LogP contribution is 2.18. The van der Waals surface area contributed by atoms with Gasteiger partial charge in [-0.1, -0.05) is 0 Å². The predicted molar refractivity (Wildman–Crippen MR) is 113 cm³/mol. The number of halogens is 2. The third-order valence-electron chi connectivity index (χ3n) is 3.78. The molecule has 0 fully saturated rings. The zero-order valence-corrected chi connectivity index (χ0v) is 17.3. The first-order valence-corrected chi connectivity index (χ1v) is 8.42. The van der Waals surface area contributed by atoms with Gasteiger partial charge in [0.15, 0.2) is 5.96 Å². The molecule has 2 aromatic heterocycles. The summed E-state index contributed by atoms with van der Waals surface area (Å²) in [6.45, 7) is 1.39. The fraction of sp³-hybridized carbons (Fsp3) is 0.263. The van der Waals surface area contributed by atoms with E-state index in [1.807, 2.05) is 12.1 Å². The van der Waals surface area contributed by atoms with Crippen molar-refractivity contribution in [1.29, 1.82) is 0 Å². The molecule has 2 N–H and O–H groups in total. The van der Waals surface area contributed by atoms with E-state index < -0.39 is 0 Å². The van der Waals surface area contributed by atoms with Crippen LogP contribution in [-0.4, -0.2) is 31.1 Å². The summed E-state index contributed by atoms with van der Waals surface area (Å²) in [6.07, 6.45) is 4.76. The highest BCUT2D eigenvalue weighted by Gasteiger charge is 2.07. The zero-order valence-electron chi connectivity index (χ0n) is 14.9. The number of hydrogen-bond acceptors (Lipinski definition) is 4. The average molecular weight is 484 g/mol. The lowest BCUT2D eigenvalue weighted by Crippen LogP contribution is -2.39. The molecule has 0 bridgehead atoms. The standard InChI is InChI=1S/C19H21FN4O2.HI/c1-21-19(23-11-9-17-3-2-12-25-17)22-10-8-16-13-26-18(24-16)14-4-6-15(20)7-5-14;/h2-7,12-13H,8-11H2,1H3,(H2,21,22,23);1H. The van der Waals surface area contributed by atoms with Crippen LogP contribution in [0.25, 0.3) is 11.5 Å². The number of hydrogen-bond donors (Lipinski definition) is 2.